The van der Waals surface area contributed by atoms with Crippen LogP contribution in [0.4, 0.5) is 0 Å². The number of piperazine rings is 1. The van der Waals surface area contributed by atoms with E-state index in [0.29, 0.717) is 0 Å². The highest BCUT2D eigenvalue weighted by molar-refractivity contribution is 7.98. The number of amides is 1. The maximum atomic E-state index is 13.2. The van der Waals surface area contributed by atoms with E-state index in [1.165, 1.54) is 11.9 Å². The van der Waals surface area contributed by atoms with Gasteiger partial charge in [-0.05, 0) is 30.3 Å². The van der Waals surface area contributed by atoms with E-state index < -0.39 is 0 Å². The van der Waals surface area contributed by atoms with Gasteiger partial charge in [-0.15, -0.1) is 0 Å². The minimum absolute atomic E-state index is 0.0779. The summed E-state index contributed by atoms with van der Waals surface area (Å²) in [5.74, 6) is 0.876. The molecule has 1 fully saturated rings. The van der Waals surface area contributed by atoms with Crippen molar-refractivity contribution in [1.82, 2.24) is 25.0 Å². The fourth-order valence-electron chi connectivity index (χ4n) is 3.45. The normalized spacial score (nSPS) is 17.6. The molecule has 1 aromatic heterocycles. The van der Waals surface area contributed by atoms with Gasteiger partial charge in [0.15, 0.2) is 5.16 Å². The Bertz CT molecular complexity index is 898. The number of carbonyl (C=O) groups is 1. The first kappa shape index (κ1) is 18.7. The van der Waals surface area contributed by atoms with Crippen molar-refractivity contribution in [3.8, 4) is 0 Å². The molecule has 0 saturated carbocycles. The van der Waals surface area contributed by atoms with Gasteiger partial charge in [-0.25, -0.2) is 4.98 Å². The molecular formula is C21H23N5OS. The number of nitrogens with one attached hydrogen (secondary N) is 1. The van der Waals surface area contributed by atoms with E-state index in [0.717, 1.165) is 41.7 Å². The third kappa shape index (κ3) is 4.26. The number of aromatic nitrogens is 3. The number of H-pyrrole nitrogens is 1. The number of likely N-dealkylation sites (N-methyl/N-ethyl adjacent to an activating group) is 1. The zero-order valence-electron chi connectivity index (χ0n) is 15.8. The Morgan fingerprint density at radius 3 is 2.64 bits per heavy atom. The molecule has 7 heteroatoms. The summed E-state index contributed by atoms with van der Waals surface area (Å²) >= 11 is 1.59. The Morgan fingerprint density at radius 1 is 1.14 bits per heavy atom. The Hall–Kier alpha value is -2.64. The SMILES string of the molecule is CN1CCN(C(=O)c2ccc(CSc3ncn[nH]3)cc2)C(c2ccccc2)C1. The summed E-state index contributed by atoms with van der Waals surface area (Å²) in [5, 5.41) is 7.49. The fourth-order valence-corrected chi connectivity index (χ4v) is 4.18. The van der Waals surface area contributed by atoms with Crippen molar-refractivity contribution in [2.24, 2.45) is 0 Å². The highest BCUT2D eigenvalue weighted by atomic mass is 32.2. The predicted octanol–water partition coefficient (Wildman–Crippen LogP) is 3.23. The van der Waals surface area contributed by atoms with Crippen LogP contribution in [0, 0.1) is 0 Å². The van der Waals surface area contributed by atoms with Crippen LogP contribution in [-0.4, -0.2) is 57.6 Å². The minimum Gasteiger partial charge on any atom is -0.329 e. The first-order chi connectivity index (χ1) is 13.7. The van der Waals surface area contributed by atoms with Crippen LogP contribution in [0.15, 0.2) is 66.1 Å². The molecule has 0 bridgehead atoms. The van der Waals surface area contributed by atoms with Gasteiger partial charge in [0.2, 0.25) is 0 Å². The second kappa shape index (κ2) is 8.58. The van der Waals surface area contributed by atoms with Crippen molar-refractivity contribution in [3.63, 3.8) is 0 Å². The maximum absolute atomic E-state index is 13.2. The summed E-state index contributed by atoms with van der Waals surface area (Å²) in [6, 6.07) is 18.3. The standard InChI is InChI=1S/C21H23N5OS/c1-25-11-12-26(19(13-25)17-5-3-2-4-6-17)20(27)18-9-7-16(8-10-18)14-28-21-22-15-23-24-21/h2-10,15,19H,11-14H2,1H3,(H,22,23,24). The summed E-state index contributed by atoms with van der Waals surface area (Å²) in [7, 11) is 2.11. The maximum Gasteiger partial charge on any atom is 0.254 e. The molecule has 28 heavy (non-hydrogen) atoms. The monoisotopic (exact) mass is 393 g/mol. The predicted molar refractivity (Wildman–Crippen MR) is 110 cm³/mol. The lowest BCUT2D eigenvalue weighted by atomic mass is 10.0. The lowest BCUT2D eigenvalue weighted by Gasteiger charge is -2.40. The molecule has 3 aromatic rings. The van der Waals surface area contributed by atoms with Gasteiger partial charge in [-0.1, -0.05) is 54.2 Å². The summed E-state index contributed by atoms with van der Waals surface area (Å²) in [5.41, 5.74) is 3.07. The molecule has 2 aromatic carbocycles. The molecule has 0 aliphatic carbocycles. The summed E-state index contributed by atoms with van der Waals surface area (Å²) in [6.07, 6.45) is 1.50. The number of nitrogens with zero attached hydrogens (tertiary/aromatic N) is 4. The third-order valence-electron chi connectivity index (χ3n) is 5.00. The van der Waals surface area contributed by atoms with E-state index in [9.17, 15) is 4.79 Å². The molecule has 1 amide bonds. The quantitative estimate of drug-likeness (QED) is 0.674. The van der Waals surface area contributed by atoms with Crippen molar-refractivity contribution in [3.05, 3.63) is 77.6 Å². The van der Waals surface area contributed by atoms with E-state index in [4.69, 9.17) is 0 Å². The second-order valence-corrected chi connectivity index (χ2v) is 7.93. The molecule has 0 radical (unpaired) electrons. The van der Waals surface area contributed by atoms with Crippen LogP contribution in [0.25, 0.3) is 0 Å². The van der Waals surface area contributed by atoms with Gasteiger partial charge in [0.05, 0.1) is 6.04 Å². The van der Waals surface area contributed by atoms with Crippen molar-refractivity contribution in [2.75, 3.05) is 26.7 Å². The summed E-state index contributed by atoms with van der Waals surface area (Å²) in [6.45, 7) is 2.47. The van der Waals surface area contributed by atoms with Gasteiger partial charge in [-0.3, -0.25) is 9.89 Å². The van der Waals surface area contributed by atoms with Gasteiger partial charge in [-0.2, -0.15) is 5.10 Å². The molecule has 4 rings (SSSR count). The molecule has 1 unspecified atom stereocenters. The first-order valence-corrected chi connectivity index (χ1v) is 10.3. The average Bonchev–Trinajstić information content (AvgIpc) is 3.26. The number of carbonyl (C=O) groups excluding carboxylic acids is 1. The van der Waals surface area contributed by atoms with Crippen LogP contribution < -0.4 is 0 Å². The molecule has 1 atom stereocenters. The van der Waals surface area contributed by atoms with Gasteiger partial charge in [0.1, 0.15) is 6.33 Å². The average molecular weight is 394 g/mol. The Morgan fingerprint density at radius 2 is 1.93 bits per heavy atom. The molecule has 1 aliphatic rings. The lowest BCUT2D eigenvalue weighted by Crippen LogP contribution is -2.49. The van der Waals surface area contributed by atoms with Crippen LogP contribution in [0.3, 0.4) is 0 Å². The number of thioether (sulfide) groups is 1. The molecule has 1 saturated heterocycles. The highest BCUT2D eigenvalue weighted by Gasteiger charge is 2.30. The van der Waals surface area contributed by atoms with Crippen LogP contribution >= 0.6 is 11.8 Å². The zero-order chi connectivity index (χ0) is 19.3. The Balaban J connectivity index is 1.47. The van der Waals surface area contributed by atoms with E-state index in [2.05, 4.69) is 39.3 Å². The van der Waals surface area contributed by atoms with Crippen LogP contribution in [-0.2, 0) is 5.75 Å². The Kier molecular flexibility index (Phi) is 5.73. The number of benzene rings is 2. The van der Waals surface area contributed by atoms with E-state index in [1.807, 2.05) is 47.4 Å². The van der Waals surface area contributed by atoms with Gasteiger partial charge >= 0.3 is 0 Å². The molecular weight excluding hydrogens is 370 g/mol. The molecule has 2 heterocycles. The van der Waals surface area contributed by atoms with Gasteiger partial charge in [0, 0.05) is 31.0 Å². The van der Waals surface area contributed by atoms with Gasteiger partial charge in [0.25, 0.3) is 5.91 Å². The van der Waals surface area contributed by atoms with Crippen molar-refractivity contribution >= 4 is 17.7 Å². The number of aromatic amines is 1. The topological polar surface area (TPSA) is 65.1 Å². The zero-order valence-corrected chi connectivity index (χ0v) is 16.6. The number of hydrogen-bond acceptors (Lipinski definition) is 5. The van der Waals surface area contributed by atoms with E-state index >= 15 is 0 Å². The minimum atomic E-state index is 0.0779. The molecule has 1 N–H and O–H groups in total. The van der Waals surface area contributed by atoms with E-state index in [1.54, 1.807) is 11.8 Å². The second-order valence-electron chi connectivity index (χ2n) is 6.96. The molecule has 144 valence electrons. The summed E-state index contributed by atoms with van der Waals surface area (Å²) in [4.78, 5) is 21.6. The van der Waals surface area contributed by atoms with Crippen molar-refractivity contribution in [1.29, 1.82) is 0 Å². The van der Waals surface area contributed by atoms with Crippen LogP contribution in [0.2, 0.25) is 0 Å². The van der Waals surface area contributed by atoms with Crippen LogP contribution in [0.5, 0.6) is 0 Å². The molecule has 1 aliphatic heterocycles. The summed E-state index contributed by atoms with van der Waals surface area (Å²) < 4.78 is 0. The fraction of sp³-hybridized carbons (Fsp3) is 0.286. The smallest absolute Gasteiger partial charge is 0.254 e. The molecule has 0 spiro atoms. The number of rotatable bonds is 5. The lowest BCUT2D eigenvalue weighted by molar-refractivity contribution is 0.0498. The molecule has 6 nitrogen and oxygen atoms in total. The van der Waals surface area contributed by atoms with Crippen LogP contribution in [0.1, 0.15) is 27.5 Å². The highest BCUT2D eigenvalue weighted by Crippen LogP contribution is 2.27. The van der Waals surface area contributed by atoms with Crippen molar-refractivity contribution in [2.45, 2.75) is 17.0 Å². The number of hydrogen-bond donors (Lipinski definition) is 1. The van der Waals surface area contributed by atoms with Crippen molar-refractivity contribution < 1.29 is 4.79 Å². The Labute approximate surface area is 169 Å². The first-order valence-electron chi connectivity index (χ1n) is 9.32. The van der Waals surface area contributed by atoms with E-state index in [-0.39, 0.29) is 11.9 Å². The third-order valence-corrected chi connectivity index (χ3v) is 5.95. The largest absolute Gasteiger partial charge is 0.329 e. The van der Waals surface area contributed by atoms with Gasteiger partial charge < -0.3 is 9.80 Å².